The van der Waals surface area contributed by atoms with E-state index in [1.807, 2.05) is 12.1 Å². The van der Waals surface area contributed by atoms with Crippen LogP contribution in [0.3, 0.4) is 0 Å². The minimum absolute atomic E-state index is 0.106. The Kier molecular flexibility index (Phi) is 3.64. The number of Topliss-reactive ketones (excluding diaryl/α,β-unsaturated/α-hetero) is 1. The van der Waals surface area contributed by atoms with E-state index in [-0.39, 0.29) is 5.78 Å². The third-order valence-corrected chi connectivity index (χ3v) is 2.77. The Hall–Kier alpha value is -1.26. The molecule has 1 aliphatic rings. The molecule has 1 aromatic heterocycles. The second kappa shape index (κ2) is 5.18. The lowest BCUT2D eigenvalue weighted by Gasteiger charge is -2.31. The van der Waals surface area contributed by atoms with Gasteiger partial charge < -0.3 is 5.32 Å². The Balaban J connectivity index is 1.92. The number of nitrogens with zero attached hydrogens (tertiary/aromatic N) is 2. The third-order valence-electron chi connectivity index (χ3n) is 2.77. The monoisotopic (exact) mass is 219 g/mol. The molecule has 2 heterocycles. The summed E-state index contributed by atoms with van der Waals surface area (Å²) in [7, 11) is 0. The van der Waals surface area contributed by atoms with Gasteiger partial charge in [0.1, 0.15) is 5.69 Å². The van der Waals surface area contributed by atoms with Crippen LogP contribution < -0.4 is 5.32 Å². The number of piperazine rings is 1. The largest absolute Gasteiger partial charge is 0.312 e. The maximum Gasteiger partial charge on any atom is 0.195 e. The second-order valence-corrected chi connectivity index (χ2v) is 4.23. The quantitative estimate of drug-likeness (QED) is 0.754. The molecule has 1 fully saturated rings. The summed E-state index contributed by atoms with van der Waals surface area (Å²) in [5, 5.41) is 3.36. The van der Waals surface area contributed by atoms with Crippen LogP contribution in [0, 0.1) is 0 Å². The summed E-state index contributed by atoms with van der Waals surface area (Å²) in [5.41, 5.74) is 0.564. The Morgan fingerprint density at radius 1 is 1.62 bits per heavy atom. The van der Waals surface area contributed by atoms with E-state index < -0.39 is 0 Å². The maximum absolute atomic E-state index is 11.9. The second-order valence-electron chi connectivity index (χ2n) is 4.23. The minimum Gasteiger partial charge on any atom is -0.312 e. The van der Waals surface area contributed by atoms with Gasteiger partial charge in [0.2, 0.25) is 0 Å². The number of rotatable bonds is 3. The first-order valence-corrected chi connectivity index (χ1v) is 5.65. The van der Waals surface area contributed by atoms with E-state index in [1.165, 1.54) is 0 Å². The van der Waals surface area contributed by atoms with Crippen molar-refractivity contribution in [3.63, 3.8) is 0 Å². The molecule has 4 nitrogen and oxygen atoms in total. The van der Waals surface area contributed by atoms with E-state index in [2.05, 4.69) is 22.1 Å². The molecule has 1 saturated heterocycles. The molecule has 86 valence electrons. The molecule has 1 atom stereocenters. The highest BCUT2D eigenvalue weighted by Gasteiger charge is 2.18. The fourth-order valence-electron chi connectivity index (χ4n) is 1.97. The lowest BCUT2D eigenvalue weighted by molar-refractivity contribution is 0.0903. The highest BCUT2D eigenvalue weighted by molar-refractivity contribution is 5.95. The Morgan fingerprint density at radius 3 is 3.19 bits per heavy atom. The van der Waals surface area contributed by atoms with Gasteiger partial charge in [-0.05, 0) is 19.1 Å². The molecule has 0 aliphatic carbocycles. The van der Waals surface area contributed by atoms with Crippen LogP contribution >= 0.6 is 0 Å². The van der Waals surface area contributed by atoms with E-state index in [9.17, 15) is 4.79 Å². The van der Waals surface area contributed by atoms with Gasteiger partial charge in [0.05, 0.1) is 6.54 Å². The number of nitrogens with one attached hydrogen (secondary N) is 1. The van der Waals surface area contributed by atoms with Gasteiger partial charge in [-0.1, -0.05) is 6.07 Å². The van der Waals surface area contributed by atoms with Crippen molar-refractivity contribution in [1.82, 2.24) is 15.2 Å². The summed E-state index contributed by atoms with van der Waals surface area (Å²) in [6, 6.07) is 5.91. The van der Waals surface area contributed by atoms with Crippen LogP contribution in [-0.2, 0) is 0 Å². The summed E-state index contributed by atoms with van der Waals surface area (Å²) in [5.74, 6) is 0.106. The SMILES string of the molecule is C[C@@H]1CN(CC(=O)c2ccccn2)CCN1. The molecule has 16 heavy (non-hydrogen) atoms. The van der Waals surface area contributed by atoms with Crippen molar-refractivity contribution in [2.45, 2.75) is 13.0 Å². The zero-order valence-electron chi connectivity index (χ0n) is 9.52. The van der Waals surface area contributed by atoms with Crippen molar-refractivity contribution in [3.8, 4) is 0 Å². The molecular formula is C12H17N3O. The van der Waals surface area contributed by atoms with Crippen molar-refractivity contribution in [2.24, 2.45) is 0 Å². The molecule has 2 rings (SSSR count). The molecule has 0 spiro atoms. The minimum atomic E-state index is 0.106. The van der Waals surface area contributed by atoms with Gasteiger partial charge in [-0.25, -0.2) is 0 Å². The van der Waals surface area contributed by atoms with E-state index in [0.29, 0.717) is 18.3 Å². The first kappa shape index (κ1) is 11.2. The lowest BCUT2D eigenvalue weighted by Crippen LogP contribution is -2.50. The molecule has 0 aromatic carbocycles. The number of carbonyl (C=O) groups is 1. The van der Waals surface area contributed by atoms with Gasteiger partial charge in [-0.3, -0.25) is 14.7 Å². The predicted octanol–water partition coefficient (Wildman–Crippen LogP) is 0.558. The molecule has 0 radical (unpaired) electrons. The van der Waals surface area contributed by atoms with Crippen LogP contribution in [0.2, 0.25) is 0 Å². The van der Waals surface area contributed by atoms with Crippen molar-refractivity contribution in [3.05, 3.63) is 30.1 Å². The number of pyridine rings is 1. The standard InChI is InChI=1S/C12H17N3O/c1-10-8-15(7-6-13-10)9-12(16)11-4-2-3-5-14-11/h2-5,10,13H,6-9H2,1H3/t10-/m1/s1. The highest BCUT2D eigenvalue weighted by atomic mass is 16.1. The van der Waals surface area contributed by atoms with E-state index in [1.54, 1.807) is 12.3 Å². The summed E-state index contributed by atoms with van der Waals surface area (Å²) >= 11 is 0. The smallest absolute Gasteiger partial charge is 0.195 e. The van der Waals surface area contributed by atoms with E-state index in [4.69, 9.17) is 0 Å². The first-order valence-electron chi connectivity index (χ1n) is 5.65. The van der Waals surface area contributed by atoms with Crippen LogP contribution in [0.4, 0.5) is 0 Å². The summed E-state index contributed by atoms with van der Waals surface area (Å²) in [4.78, 5) is 18.1. The fraction of sp³-hybridized carbons (Fsp3) is 0.500. The zero-order chi connectivity index (χ0) is 11.4. The highest BCUT2D eigenvalue weighted by Crippen LogP contribution is 2.02. The third kappa shape index (κ3) is 2.87. The molecule has 0 unspecified atom stereocenters. The molecule has 0 saturated carbocycles. The van der Waals surface area contributed by atoms with Gasteiger partial charge in [-0.2, -0.15) is 0 Å². The van der Waals surface area contributed by atoms with Crippen LogP contribution in [0.25, 0.3) is 0 Å². The molecular weight excluding hydrogens is 202 g/mol. The summed E-state index contributed by atoms with van der Waals surface area (Å²) in [6.07, 6.45) is 1.66. The topological polar surface area (TPSA) is 45.2 Å². The van der Waals surface area contributed by atoms with Crippen LogP contribution in [-0.4, -0.2) is 47.9 Å². The molecule has 1 aliphatic heterocycles. The first-order chi connectivity index (χ1) is 7.75. The average Bonchev–Trinajstić information content (AvgIpc) is 2.30. The van der Waals surface area contributed by atoms with Gasteiger partial charge in [-0.15, -0.1) is 0 Å². The molecule has 1 N–H and O–H groups in total. The maximum atomic E-state index is 11.9. The average molecular weight is 219 g/mol. The van der Waals surface area contributed by atoms with Crippen molar-refractivity contribution in [2.75, 3.05) is 26.2 Å². The van der Waals surface area contributed by atoms with Crippen LogP contribution in [0.1, 0.15) is 17.4 Å². The Labute approximate surface area is 95.7 Å². The van der Waals surface area contributed by atoms with Gasteiger partial charge in [0.15, 0.2) is 5.78 Å². The molecule has 0 amide bonds. The number of hydrogen-bond donors (Lipinski definition) is 1. The number of hydrogen-bond acceptors (Lipinski definition) is 4. The van der Waals surface area contributed by atoms with Crippen molar-refractivity contribution in [1.29, 1.82) is 0 Å². The number of ketones is 1. The van der Waals surface area contributed by atoms with E-state index in [0.717, 1.165) is 19.6 Å². The van der Waals surface area contributed by atoms with Gasteiger partial charge >= 0.3 is 0 Å². The predicted molar refractivity (Wildman–Crippen MR) is 62.5 cm³/mol. The van der Waals surface area contributed by atoms with E-state index >= 15 is 0 Å². The molecule has 4 heteroatoms. The normalized spacial score (nSPS) is 21.9. The summed E-state index contributed by atoms with van der Waals surface area (Å²) < 4.78 is 0. The summed E-state index contributed by atoms with van der Waals surface area (Å²) in [6.45, 7) is 5.43. The van der Waals surface area contributed by atoms with Crippen LogP contribution in [0.15, 0.2) is 24.4 Å². The Bertz CT molecular complexity index is 353. The zero-order valence-corrected chi connectivity index (χ0v) is 9.52. The lowest BCUT2D eigenvalue weighted by atomic mass is 10.2. The number of aromatic nitrogens is 1. The van der Waals surface area contributed by atoms with Crippen molar-refractivity contribution >= 4 is 5.78 Å². The molecule has 0 bridgehead atoms. The molecule has 1 aromatic rings. The Morgan fingerprint density at radius 2 is 2.50 bits per heavy atom. The fourth-order valence-corrected chi connectivity index (χ4v) is 1.97. The van der Waals surface area contributed by atoms with Crippen LogP contribution in [0.5, 0.6) is 0 Å². The van der Waals surface area contributed by atoms with Crippen molar-refractivity contribution < 1.29 is 4.79 Å². The van der Waals surface area contributed by atoms with Gasteiger partial charge in [0, 0.05) is 31.9 Å². The van der Waals surface area contributed by atoms with Gasteiger partial charge in [0.25, 0.3) is 0 Å². The number of carbonyl (C=O) groups excluding carboxylic acids is 1.